The molecule has 0 spiro atoms. The Morgan fingerprint density at radius 3 is 2.69 bits per heavy atom. The van der Waals surface area contributed by atoms with Gasteiger partial charge in [-0.15, -0.1) is 0 Å². The van der Waals surface area contributed by atoms with Crippen LogP contribution in [-0.4, -0.2) is 34.8 Å². The van der Waals surface area contributed by atoms with Crippen molar-refractivity contribution in [1.29, 1.82) is 0 Å². The van der Waals surface area contributed by atoms with E-state index in [9.17, 15) is 14.0 Å². The number of nitrogens with zero attached hydrogens (tertiary/aromatic N) is 2. The van der Waals surface area contributed by atoms with E-state index in [4.69, 9.17) is 4.74 Å². The summed E-state index contributed by atoms with van der Waals surface area (Å²) in [4.78, 5) is 31.3. The van der Waals surface area contributed by atoms with Gasteiger partial charge >= 0.3 is 0 Å². The summed E-state index contributed by atoms with van der Waals surface area (Å²) in [6.07, 6.45) is 4.55. The second-order valence-corrected chi connectivity index (χ2v) is 9.18. The Morgan fingerprint density at radius 1 is 1.17 bits per heavy atom. The predicted octanol–water partition coefficient (Wildman–Crippen LogP) is 4.44. The molecule has 6 nitrogen and oxygen atoms in total. The first-order valence-electron chi connectivity index (χ1n) is 11.9. The van der Waals surface area contributed by atoms with Gasteiger partial charge in [0.1, 0.15) is 11.6 Å². The van der Waals surface area contributed by atoms with Gasteiger partial charge in [0.2, 0.25) is 5.91 Å². The van der Waals surface area contributed by atoms with Crippen molar-refractivity contribution in [3.05, 3.63) is 95.1 Å². The molecule has 1 N–H and O–H groups in total. The lowest BCUT2D eigenvalue weighted by atomic mass is 9.87. The molecule has 0 bridgehead atoms. The van der Waals surface area contributed by atoms with Gasteiger partial charge in [-0.2, -0.15) is 0 Å². The molecule has 35 heavy (non-hydrogen) atoms. The van der Waals surface area contributed by atoms with E-state index >= 15 is 0 Å². The molecule has 2 heterocycles. The molecule has 4 rings (SSSR count). The minimum Gasteiger partial charge on any atom is -0.484 e. The van der Waals surface area contributed by atoms with Crippen LogP contribution in [0, 0.1) is 11.7 Å². The molecule has 0 radical (unpaired) electrons. The highest BCUT2D eigenvalue weighted by Crippen LogP contribution is 2.37. The SMILES string of the molecule is CC(C)CC(=O)N1CCc2ccc(OCC(=O)NCc3cccnc3)cc2C1c1ccc(F)cc1. The lowest BCUT2D eigenvalue weighted by molar-refractivity contribution is -0.134. The van der Waals surface area contributed by atoms with E-state index in [1.807, 2.05) is 49.1 Å². The van der Waals surface area contributed by atoms with Gasteiger partial charge in [0, 0.05) is 31.9 Å². The lowest BCUT2D eigenvalue weighted by Crippen LogP contribution is -2.41. The molecule has 1 atom stereocenters. The van der Waals surface area contributed by atoms with E-state index < -0.39 is 0 Å². The van der Waals surface area contributed by atoms with E-state index in [2.05, 4.69) is 10.3 Å². The topological polar surface area (TPSA) is 71.5 Å². The van der Waals surface area contributed by atoms with Crippen LogP contribution in [0.25, 0.3) is 0 Å². The summed E-state index contributed by atoms with van der Waals surface area (Å²) in [6, 6.07) is 15.4. The average Bonchev–Trinajstić information content (AvgIpc) is 2.86. The smallest absolute Gasteiger partial charge is 0.258 e. The van der Waals surface area contributed by atoms with E-state index in [1.54, 1.807) is 24.5 Å². The third kappa shape index (κ3) is 6.23. The Kier molecular flexibility index (Phi) is 7.75. The number of halogens is 1. The van der Waals surface area contributed by atoms with E-state index in [0.29, 0.717) is 25.3 Å². The van der Waals surface area contributed by atoms with Gasteiger partial charge in [0.05, 0.1) is 6.04 Å². The summed E-state index contributed by atoms with van der Waals surface area (Å²) >= 11 is 0. The summed E-state index contributed by atoms with van der Waals surface area (Å²) in [5.74, 6) is 0.291. The Hall–Kier alpha value is -3.74. The summed E-state index contributed by atoms with van der Waals surface area (Å²) in [6.45, 7) is 4.88. The molecular formula is C28H30FN3O3. The number of fused-ring (bicyclic) bond motifs is 1. The van der Waals surface area contributed by atoms with Crippen LogP contribution in [0.2, 0.25) is 0 Å². The number of pyridine rings is 1. The first-order valence-corrected chi connectivity index (χ1v) is 11.9. The van der Waals surface area contributed by atoms with Crippen LogP contribution >= 0.6 is 0 Å². The normalized spacial score (nSPS) is 15.0. The maximum absolute atomic E-state index is 13.6. The molecule has 1 aliphatic heterocycles. The number of ether oxygens (including phenoxy) is 1. The van der Waals surface area contributed by atoms with Gasteiger partial charge < -0.3 is 15.0 Å². The Bertz CT molecular complexity index is 1170. The summed E-state index contributed by atoms with van der Waals surface area (Å²) in [5.41, 5.74) is 3.80. The first-order chi connectivity index (χ1) is 16.9. The molecule has 0 saturated carbocycles. The minimum atomic E-state index is -0.339. The zero-order valence-corrected chi connectivity index (χ0v) is 20.0. The molecule has 2 amide bonds. The molecule has 182 valence electrons. The van der Waals surface area contributed by atoms with Crippen molar-refractivity contribution >= 4 is 11.8 Å². The van der Waals surface area contributed by atoms with Crippen LogP contribution in [0.3, 0.4) is 0 Å². The Labute approximate surface area is 205 Å². The van der Waals surface area contributed by atoms with Crippen molar-refractivity contribution in [1.82, 2.24) is 15.2 Å². The maximum atomic E-state index is 13.6. The van der Waals surface area contributed by atoms with Crippen LogP contribution < -0.4 is 10.1 Å². The number of amides is 2. The molecule has 3 aromatic rings. The fraction of sp³-hybridized carbons (Fsp3) is 0.321. The van der Waals surface area contributed by atoms with Gasteiger partial charge in [-0.3, -0.25) is 14.6 Å². The number of hydrogen-bond acceptors (Lipinski definition) is 4. The lowest BCUT2D eigenvalue weighted by Gasteiger charge is -2.38. The summed E-state index contributed by atoms with van der Waals surface area (Å²) < 4.78 is 19.4. The fourth-order valence-corrected chi connectivity index (χ4v) is 4.33. The van der Waals surface area contributed by atoms with E-state index in [0.717, 1.165) is 28.7 Å². The second kappa shape index (κ2) is 11.1. The second-order valence-electron chi connectivity index (χ2n) is 9.18. The highest BCUT2D eigenvalue weighted by molar-refractivity contribution is 5.78. The first kappa shape index (κ1) is 24.4. The number of benzene rings is 2. The van der Waals surface area contributed by atoms with Crippen LogP contribution in [-0.2, 0) is 22.6 Å². The number of nitrogens with one attached hydrogen (secondary N) is 1. The largest absolute Gasteiger partial charge is 0.484 e. The summed E-state index contributed by atoms with van der Waals surface area (Å²) in [5, 5.41) is 2.82. The standard InChI is InChI=1S/C28H30FN3O3/c1-19(2)14-27(34)32-13-11-21-7-10-24(15-25(21)28(32)22-5-8-23(29)9-6-22)35-18-26(33)31-17-20-4-3-12-30-16-20/h3-10,12,15-16,19,28H,11,13-14,17-18H2,1-2H3,(H,31,33). The molecule has 2 aromatic carbocycles. The monoisotopic (exact) mass is 475 g/mol. The predicted molar refractivity (Wildman–Crippen MR) is 131 cm³/mol. The maximum Gasteiger partial charge on any atom is 0.258 e. The number of rotatable bonds is 8. The third-order valence-electron chi connectivity index (χ3n) is 6.02. The molecule has 0 aliphatic carbocycles. The van der Waals surface area contributed by atoms with Gasteiger partial charge in [-0.25, -0.2) is 4.39 Å². The van der Waals surface area contributed by atoms with Crippen LogP contribution in [0.1, 0.15) is 48.6 Å². The molecule has 0 fully saturated rings. The van der Waals surface area contributed by atoms with Crippen LogP contribution in [0.5, 0.6) is 5.75 Å². The highest BCUT2D eigenvalue weighted by atomic mass is 19.1. The zero-order valence-electron chi connectivity index (χ0n) is 20.0. The molecular weight excluding hydrogens is 445 g/mol. The van der Waals surface area contributed by atoms with Crippen molar-refractivity contribution in [2.24, 2.45) is 5.92 Å². The van der Waals surface area contributed by atoms with E-state index in [1.165, 1.54) is 12.1 Å². The number of carbonyl (C=O) groups excluding carboxylic acids is 2. The number of carbonyl (C=O) groups is 2. The van der Waals surface area contributed by atoms with Crippen molar-refractivity contribution in [2.75, 3.05) is 13.2 Å². The highest BCUT2D eigenvalue weighted by Gasteiger charge is 2.32. The van der Waals surface area contributed by atoms with Crippen molar-refractivity contribution in [3.8, 4) is 5.75 Å². The van der Waals surface area contributed by atoms with Crippen LogP contribution in [0.4, 0.5) is 4.39 Å². The number of hydrogen-bond donors (Lipinski definition) is 1. The van der Waals surface area contributed by atoms with Crippen LogP contribution in [0.15, 0.2) is 67.0 Å². The molecule has 0 saturated heterocycles. The Balaban J connectivity index is 1.52. The van der Waals surface area contributed by atoms with Crippen molar-refractivity contribution < 1.29 is 18.7 Å². The van der Waals surface area contributed by atoms with Gasteiger partial charge in [-0.05, 0) is 64.9 Å². The average molecular weight is 476 g/mol. The van der Waals surface area contributed by atoms with E-state index in [-0.39, 0.29) is 36.2 Å². The fourth-order valence-electron chi connectivity index (χ4n) is 4.33. The molecule has 1 aromatic heterocycles. The molecule has 7 heteroatoms. The minimum absolute atomic E-state index is 0.0704. The Morgan fingerprint density at radius 2 is 1.97 bits per heavy atom. The zero-order chi connectivity index (χ0) is 24.8. The van der Waals surface area contributed by atoms with Crippen molar-refractivity contribution in [2.45, 2.75) is 39.3 Å². The summed E-state index contributed by atoms with van der Waals surface area (Å²) in [7, 11) is 0. The number of aromatic nitrogens is 1. The van der Waals surface area contributed by atoms with Gasteiger partial charge in [0.25, 0.3) is 5.91 Å². The molecule has 1 unspecified atom stereocenters. The van der Waals surface area contributed by atoms with Gasteiger partial charge in [0.15, 0.2) is 6.61 Å². The third-order valence-corrected chi connectivity index (χ3v) is 6.02. The quantitative estimate of drug-likeness (QED) is 0.523. The molecule has 1 aliphatic rings. The van der Waals surface area contributed by atoms with Gasteiger partial charge in [-0.1, -0.05) is 38.1 Å². The van der Waals surface area contributed by atoms with Crippen molar-refractivity contribution in [3.63, 3.8) is 0 Å².